The molecule has 0 aliphatic heterocycles. The Morgan fingerprint density at radius 2 is 2.18 bits per heavy atom. The van der Waals surface area contributed by atoms with E-state index in [1.54, 1.807) is 0 Å². The van der Waals surface area contributed by atoms with Crippen LogP contribution in [0.4, 0.5) is 5.95 Å². The van der Waals surface area contributed by atoms with E-state index in [1.165, 1.54) is 0 Å². The van der Waals surface area contributed by atoms with Crippen LogP contribution in [0.15, 0.2) is 4.79 Å². The predicted octanol–water partition coefficient (Wildman–Crippen LogP) is 0.350. The van der Waals surface area contributed by atoms with Gasteiger partial charge in [0.2, 0.25) is 5.95 Å². The summed E-state index contributed by atoms with van der Waals surface area (Å²) in [7, 11) is 0. The number of aromatic amines is 2. The molecule has 0 atom stereocenters. The molecule has 2 aromatic heterocycles. The second-order valence-corrected chi connectivity index (χ2v) is 3.74. The lowest BCUT2D eigenvalue weighted by atomic mass is 10.2. The van der Waals surface area contributed by atoms with E-state index >= 15 is 0 Å². The van der Waals surface area contributed by atoms with Gasteiger partial charge in [-0.3, -0.25) is 9.78 Å². The van der Waals surface area contributed by atoms with Gasteiger partial charge in [0.05, 0.1) is 0 Å². The Labute approximate surface area is 97.3 Å². The molecular formula is C10H15N5O2. The number of rotatable bonds is 5. The summed E-state index contributed by atoms with van der Waals surface area (Å²) < 4.78 is 0. The molecule has 7 heteroatoms. The highest BCUT2D eigenvalue weighted by Gasteiger charge is 2.08. The normalized spacial score (nSPS) is 10.9. The number of aryl methyl sites for hydroxylation is 1. The van der Waals surface area contributed by atoms with Crippen LogP contribution in [0.25, 0.3) is 11.2 Å². The Bertz CT molecular complexity index is 559. The molecule has 2 heterocycles. The monoisotopic (exact) mass is 237 g/mol. The van der Waals surface area contributed by atoms with E-state index in [4.69, 9.17) is 5.11 Å². The molecule has 0 radical (unpaired) electrons. The maximum absolute atomic E-state index is 11.7. The average Bonchev–Trinajstić information content (AvgIpc) is 2.70. The third kappa shape index (κ3) is 2.44. The SMILES string of the molecule is CCCCc1nc2nc(NCO)[nH]c(=O)c2[nH]1. The van der Waals surface area contributed by atoms with Gasteiger partial charge in [0.1, 0.15) is 12.6 Å². The zero-order valence-electron chi connectivity index (χ0n) is 9.58. The fraction of sp³-hybridized carbons (Fsp3) is 0.500. The van der Waals surface area contributed by atoms with Crippen molar-refractivity contribution in [1.82, 2.24) is 19.9 Å². The lowest BCUT2D eigenvalue weighted by Gasteiger charge is -1.98. The molecule has 0 bridgehead atoms. The third-order valence-corrected chi connectivity index (χ3v) is 2.42. The summed E-state index contributed by atoms with van der Waals surface area (Å²) in [6, 6.07) is 0. The topological polar surface area (TPSA) is 107 Å². The van der Waals surface area contributed by atoms with Crippen molar-refractivity contribution in [3.05, 3.63) is 16.2 Å². The van der Waals surface area contributed by atoms with Crippen LogP contribution in [-0.4, -0.2) is 31.8 Å². The Hall–Kier alpha value is -1.89. The molecule has 92 valence electrons. The number of imidazole rings is 1. The van der Waals surface area contributed by atoms with Crippen molar-refractivity contribution in [2.75, 3.05) is 12.0 Å². The number of unbranched alkanes of at least 4 members (excludes halogenated alkanes) is 1. The summed E-state index contributed by atoms with van der Waals surface area (Å²) in [5.74, 6) is 0.986. The number of anilines is 1. The lowest BCUT2D eigenvalue weighted by molar-refractivity contribution is 0.324. The Kier molecular flexibility index (Phi) is 3.38. The van der Waals surface area contributed by atoms with Crippen molar-refractivity contribution in [3.8, 4) is 0 Å². The van der Waals surface area contributed by atoms with Crippen LogP contribution >= 0.6 is 0 Å². The minimum atomic E-state index is -0.291. The van der Waals surface area contributed by atoms with Crippen LogP contribution in [0.3, 0.4) is 0 Å². The highest BCUT2D eigenvalue weighted by Crippen LogP contribution is 2.08. The summed E-state index contributed by atoms with van der Waals surface area (Å²) in [6.07, 6.45) is 2.88. The first-order valence-corrected chi connectivity index (χ1v) is 5.58. The van der Waals surface area contributed by atoms with Crippen LogP contribution in [0.2, 0.25) is 0 Å². The Morgan fingerprint density at radius 1 is 1.35 bits per heavy atom. The number of aromatic nitrogens is 4. The van der Waals surface area contributed by atoms with Gasteiger partial charge in [-0.25, -0.2) is 4.98 Å². The first kappa shape index (κ1) is 11.6. The van der Waals surface area contributed by atoms with E-state index in [0.29, 0.717) is 11.2 Å². The standard InChI is InChI=1S/C10H15N5O2/c1-2-3-4-6-12-7-8(13-6)14-10(11-5-16)15-9(7)17/h16H,2-5H2,1H3,(H3,11,12,13,14,15,17). The van der Waals surface area contributed by atoms with E-state index in [2.05, 4.69) is 32.2 Å². The quantitative estimate of drug-likeness (QED) is 0.561. The number of H-pyrrole nitrogens is 2. The molecule has 0 unspecified atom stereocenters. The molecule has 0 aliphatic carbocycles. The molecule has 0 saturated heterocycles. The second kappa shape index (κ2) is 4.96. The van der Waals surface area contributed by atoms with Crippen molar-refractivity contribution in [2.24, 2.45) is 0 Å². The van der Waals surface area contributed by atoms with Gasteiger partial charge < -0.3 is 15.4 Å². The van der Waals surface area contributed by atoms with Crippen molar-refractivity contribution in [1.29, 1.82) is 0 Å². The molecule has 17 heavy (non-hydrogen) atoms. The van der Waals surface area contributed by atoms with E-state index in [-0.39, 0.29) is 18.2 Å². The zero-order chi connectivity index (χ0) is 12.3. The van der Waals surface area contributed by atoms with Crippen LogP contribution < -0.4 is 10.9 Å². The van der Waals surface area contributed by atoms with Crippen LogP contribution in [-0.2, 0) is 6.42 Å². The first-order chi connectivity index (χ1) is 8.24. The molecule has 0 aromatic carbocycles. The van der Waals surface area contributed by atoms with Gasteiger partial charge in [-0.2, -0.15) is 4.98 Å². The number of aliphatic hydroxyl groups is 1. The maximum atomic E-state index is 11.7. The molecule has 0 saturated carbocycles. The summed E-state index contributed by atoms with van der Waals surface area (Å²) in [5, 5.41) is 11.2. The van der Waals surface area contributed by atoms with Crippen LogP contribution in [0, 0.1) is 0 Å². The molecule has 4 N–H and O–H groups in total. The number of hydrogen-bond donors (Lipinski definition) is 4. The molecule has 0 amide bonds. The largest absolute Gasteiger partial charge is 0.376 e. The third-order valence-electron chi connectivity index (χ3n) is 2.42. The second-order valence-electron chi connectivity index (χ2n) is 3.74. The Balaban J connectivity index is 2.38. The van der Waals surface area contributed by atoms with Crippen molar-refractivity contribution >= 4 is 17.1 Å². The number of nitrogens with zero attached hydrogens (tertiary/aromatic N) is 2. The molecule has 0 fully saturated rings. The van der Waals surface area contributed by atoms with Crippen molar-refractivity contribution < 1.29 is 5.11 Å². The molecule has 7 nitrogen and oxygen atoms in total. The Morgan fingerprint density at radius 3 is 2.88 bits per heavy atom. The average molecular weight is 237 g/mol. The van der Waals surface area contributed by atoms with E-state index in [0.717, 1.165) is 25.1 Å². The summed E-state index contributed by atoms with van der Waals surface area (Å²) in [6.45, 7) is 1.80. The minimum Gasteiger partial charge on any atom is -0.376 e. The van der Waals surface area contributed by atoms with Gasteiger partial charge in [0.15, 0.2) is 11.2 Å². The van der Waals surface area contributed by atoms with Crippen molar-refractivity contribution in [2.45, 2.75) is 26.2 Å². The molecule has 2 rings (SSSR count). The van der Waals surface area contributed by atoms with E-state index in [1.807, 2.05) is 0 Å². The smallest absolute Gasteiger partial charge is 0.278 e. The molecule has 2 aromatic rings. The summed E-state index contributed by atoms with van der Waals surface area (Å²) in [5.41, 5.74) is 0.455. The lowest BCUT2D eigenvalue weighted by Crippen LogP contribution is -2.13. The number of nitrogens with one attached hydrogen (secondary N) is 3. The van der Waals surface area contributed by atoms with Crippen LogP contribution in [0.5, 0.6) is 0 Å². The first-order valence-electron chi connectivity index (χ1n) is 5.58. The summed E-state index contributed by atoms with van der Waals surface area (Å²) >= 11 is 0. The predicted molar refractivity (Wildman–Crippen MR) is 63.8 cm³/mol. The van der Waals surface area contributed by atoms with Gasteiger partial charge in [0.25, 0.3) is 5.56 Å². The summed E-state index contributed by atoms with van der Waals surface area (Å²) in [4.78, 5) is 25.5. The van der Waals surface area contributed by atoms with Crippen molar-refractivity contribution in [3.63, 3.8) is 0 Å². The molecular weight excluding hydrogens is 222 g/mol. The minimum absolute atomic E-state index is 0.221. The fourth-order valence-corrected chi connectivity index (χ4v) is 1.58. The molecule has 0 aliphatic rings. The zero-order valence-corrected chi connectivity index (χ0v) is 9.58. The van der Waals surface area contributed by atoms with Gasteiger partial charge in [-0.05, 0) is 6.42 Å². The highest BCUT2D eigenvalue weighted by atomic mass is 16.3. The van der Waals surface area contributed by atoms with Crippen LogP contribution in [0.1, 0.15) is 25.6 Å². The number of fused-ring (bicyclic) bond motifs is 1. The van der Waals surface area contributed by atoms with Gasteiger partial charge >= 0.3 is 0 Å². The number of aliphatic hydroxyl groups excluding tert-OH is 1. The highest BCUT2D eigenvalue weighted by molar-refractivity contribution is 5.70. The number of hydrogen-bond acceptors (Lipinski definition) is 5. The van der Waals surface area contributed by atoms with Gasteiger partial charge in [0, 0.05) is 6.42 Å². The molecule has 0 spiro atoms. The van der Waals surface area contributed by atoms with E-state index in [9.17, 15) is 4.79 Å². The van der Waals surface area contributed by atoms with E-state index < -0.39 is 0 Å². The maximum Gasteiger partial charge on any atom is 0.278 e. The van der Waals surface area contributed by atoms with Gasteiger partial charge in [-0.1, -0.05) is 13.3 Å². The fourth-order valence-electron chi connectivity index (χ4n) is 1.58. The van der Waals surface area contributed by atoms with Gasteiger partial charge in [-0.15, -0.1) is 0 Å².